The first kappa shape index (κ1) is 22.3. The number of hydrogen-bond donors (Lipinski definition) is 2. The smallest absolute Gasteiger partial charge is 0.227 e. The molecule has 3 aromatic rings. The highest BCUT2D eigenvalue weighted by molar-refractivity contribution is 5.62. The van der Waals surface area contributed by atoms with E-state index >= 15 is 0 Å². The van der Waals surface area contributed by atoms with E-state index in [9.17, 15) is 5.11 Å². The quantitative estimate of drug-likeness (QED) is 0.518. The van der Waals surface area contributed by atoms with Gasteiger partial charge in [0.05, 0.1) is 51.6 Å². The minimum absolute atomic E-state index is 0.0755. The van der Waals surface area contributed by atoms with Gasteiger partial charge < -0.3 is 34.1 Å². The van der Waals surface area contributed by atoms with Crippen LogP contribution in [0, 0.1) is 0 Å². The number of imidazole rings is 1. The summed E-state index contributed by atoms with van der Waals surface area (Å²) in [4.78, 5) is 16.4. The van der Waals surface area contributed by atoms with Crippen molar-refractivity contribution in [1.82, 2.24) is 19.5 Å². The van der Waals surface area contributed by atoms with Crippen LogP contribution in [0.3, 0.4) is 0 Å². The molecule has 1 unspecified atom stereocenters. The van der Waals surface area contributed by atoms with E-state index in [1.807, 2.05) is 22.9 Å². The van der Waals surface area contributed by atoms with Crippen molar-refractivity contribution in [3.05, 3.63) is 35.9 Å². The first-order valence-electron chi connectivity index (χ1n) is 11.5. The number of aliphatic hydroxyl groups excluding tert-OH is 1. The van der Waals surface area contributed by atoms with Crippen LogP contribution in [0.2, 0.25) is 0 Å². The molecule has 2 aromatic heterocycles. The molecule has 1 saturated heterocycles. The van der Waals surface area contributed by atoms with E-state index in [-0.39, 0.29) is 12.6 Å². The maximum absolute atomic E-state index is 9.76. The molecule has 1 fully saturated rings. The summed E-state index contributed by atoms with van der Waals surface area (Å²) < 4.78 is 18.3. The minimum atomic E-state index is 0.0755. The molecule has 1 atom stereocenters. The molecule has 34 heavy (non-hydrogen) atoms. The standard InChI is InChI=1S/C24H30N6O4/c1-32-19-10-16(11-20(33-2)22(19)34-3)29-12-21(25-14-29)27-23-17-7-4-8-18(17)26-24(28-23)30-9-5-6-15(30)13-31/h10-12,14-15,31H,4-9,13H2,1-3H3,(H,26,27,28). The molecule has 1 aromatic carbocycles. The number of methoxy groups -OCH3 is 3. The van der Waals surface area contributed by atoms with Crippen molar-refractivity contribution in [2.24, 2.45) is 0 Å². The van der Waals surface area contributed by atoms with Crippen molar-refractivity contribution in [2.45, 2.75) is 38.1 Å². The second kappa shape index (κ2) is 9.38. The van der Waals surface area contributed by atoms with E-state index in [1.165, 1.54) is 0 Å². The van der Waals surface area contributed by atoms with E-state index in [0.717, 1.165) is 61.4 Å². The Kier molecular flexibility index (Phi) is 6.14. The highest BCUT2D eigenvalue weighted by Crippen LogP contribution is 2.39. The molecular formula is C24H30N6O4. The van der Waals surface area contributed by atoms with Gasteiger partial charge in [0.15, 0.2) is 11.5 Å². The van der Waals surface area contributed by atoms with Crippen LogP contribution in [0.1, 0.15) is 30.5 Å². The number of anilines is 3. The van der Waals surface area contributed by atoms with Crippen LogP contribution in [0.5, 0.6) is 17.2 Å². The number of aromatic nitrogens is 4. The van der Waals surface area contributed by atoms with Crippen LogP contribution in [-0.2, 0) is 12.8 Å². The highest BCUT2D eigenvalue weighted by atomic mass is 16.5. The number of aryl methyl sites for hydroxylation is 1. The van der Waals surface area contributed by atoms with Crippen molar-refractivity contribution in [1.29, 1.82) is 0 Å². The second-order valence-corrected chi connectivity index (χ2v) is 8.50. The number of nitrogens with one attached hydrogen (secondary N) is 1. The van der Waals surface area contributed by atoms with Crippen molar-refractivity contribution < 1.29 is 19.3 Å². The Hall–Kier alpha value is -3.53. The Morgan fingerprint density at radius 1 is 1.06 bits per heavy atom. The number of nitrogens with zero attached hydrogens (tertiary/aromatic N) is 5. The van der Waals surface area contributed by atoms with Crippen LogP contribution in [0.15, 0.2) is 24.7 Å². The van der Waals surface area contributed by atoms with Gasteiger partial charge in [-0.1, -0.05) is 0 Å². The zero-order valence-corrected chi connectivity index (χ0v) is 19.7. The maximum atomic E-state index is 9.76. The molecule has 3 heterocycles. The number of fused-ring (bicyclic) bond motifs is 1. The number of aliphatic hydroxyl groups is 1. The lowest BCUT2D eigenvalue weighted by Gasteiger charge is -2.24. The van der Waals surface area contributed by atoms with Crippen LogP contribution in [-0.4, -0.2) is 65.1 Å². The fourth-order valence-electron chi connectivity index (χ4n) is 4.81. The molecule has 180 valence electrons. The van der Waals surface area contributed by atoms with Gasteiger partial charge in [0.25, 0.3) is 0 Å². The number of rotatable bonds is 8. The number of benzene rings is 1. The molecule has 0 amide bonds. The molecule has 10 heteroatoms. The fourth-order valence-corrected chi connectivity index (χ4v) is 4.81. The summed E-state index contributed by atoms with van der Waals surface area (Å²) in [6.07, 6.45) is 8.56. The molecule has 1 aliphatic carbocycles. The largest absolute Gasteiger partial charge is 0.493 e. The predicted octanol–water partition coefficient (Wildman–Crippen LogP) is 2.88. The summed E-state index contributed by atoms with van der Waals surface area (Å²) in [6.45, 7) is 0.974. The molecular weight excluding hydrogens is 436 g/mol. The third-order valence-electron chi connectivity index (χ3n) is 6.54. The Balaban J connectivity index is 1.45. The monoisotopic (exact) mass is 466 g/mol. The summed E-state index contributed by atoms with van der Waals surface area (Å²) in [5.74, 6) is 3.83. The van der Waals surface area contributed by atoms with E-state index in [0.29, 0.717) is 29.0 Å². The highest BCUT2D eigenvalue weighted by Gasteiger charge is 2.29. The molecule has 1 aliphatic heterocycles. The Labute approximate surface area is 198 Å². The lowest BCUT2D eigenvalue weighted by Crippen LogP contribution is -2.33. The topological polar surface area (TPSA) is 107 Å². The third-order valence-corrected chi connectivity index (χ3v) is 6.54. The van der Waals surface area contributed by atoms with Gasteiger partial charge in [-0.2, -0.15) is 4.98 Å². The number of hydrogen-bond acceptors (Lipinski definition) is 9. The Morgan fingerprint density at radius 2 is 1.85 bits per heavy atom. The van der Waals surface area contributed by atoms with E-state index in [2.05, 4.69) is 15.2 Å². The average molecular weight is 467 g/mol. The Bertz CT molecular complexity index is 1160. The van der Waals surface area contributed by atoms with Crippen LogP contribution < -0.4 is 24.4 Å². The molecule has 5 rings (SSSR count). The van der Waals surface area contributed by atoms with E-state index < -0.39 is 0 Å². The minimum Gasteiger partial charge on any atom is -0.493 e. The fraction of sp³-hybridized carbons (Fsp3) is 0.458. The molecule has 0 saturated carbocycles. The first-order valence-corrected chi connectivity index (χ1v) is 11.5. The summed E-state index contributed by atoms with van der Waals surface area (Å²) in [5, 5.41) is 13.2. The van der Waals surface area contributed by atoms with Gasteiger partial charge >= 0.3 is 0 Å². The van der Waals surface area contributed by atoms with Crippen LogP contribution >= 0.6 is 0 Å². The van der Waals surface area contributed by atoms with Gasteiger partial charge in [-0.05, 0) is 32.1 Å². The second-order valence-electron chi connectivity index (χ2n) is 8.50. The Morgan fingerprint density at radius 3 is 2.56 bits per heavy atom. The maximum Gasteiger partial charge on any atom is 0.227 e. The van der Waals surface area contributed by atoms with Crippen LogP contribution in [0.4, 0.5) is 17.6 Å². The molecule has 10 nitrogen and oxygen atoms in total. The van der Waals surface area contributed by atoms with Gasteiger partial charge in [0.1, 0.15) is 18.0 Å². The van der Waals surface area contributed by atoms with Gasteiger partial charge in [0.2, 0.25) is 11.7 Å². The van der Waals surface area contributed by atoms with Gasteiger partial charge in [-0.25, -0.2) is 9.97 Å². The van der Waals surface area contributed by atoms with Gasteiger partial charge in [-0.3, -0.25) is 0 Å². The van der Waals surface area contributed by atoms with Crippen molar-refractivity contribution in [3.63, 3.8) is 0 Å². The molecule has 2 aliphatic rings. The van der Waals surface area contributed by atoms with Crippen molar-refractivity contribution in [3.8, 4) is 22.9 Å². The van der Waals surface area contributed by atoms with E-state index in [1.54, 1.807) is 27.7 Å². The molecule has 0 spiro atoms. The molecule has 2 N–H and O–H groups in total. The van der Waals surface area contributed by atoms with Gasteiger partial charge in [-0.15, -0.1) is 0 Å². The zero-order chi connectivity index (χ0) is 23.7. The van der Waals surface area contributed by atoms with Crippen molar-refractivity contribution in [2.75, 3.05) is 44.7 Å². The van der Waals surface area contributed by atoms with Crippen LogP contribution in [0.25, 0.3) is 5.69 Å². The van der Waals surface area contributed by atoms with Crippen molar-refractivity contribution >= 4 is 17.6 Å². The molecule has 0 bridgehead atoms. The summed E-state index contributed by atoms with van der Waals surface area (Å²) in [6, 6.07) is 3.82. The normalized spacial score (nSPS) is 17.1. The first-order chi connectivity index (χ1) is 16.6. The SMILES string of the molecule is COc1cc(-n2cnc(Nc3nc(N4CCCC4CO)nc4c3CCC4)c2)cc(OC)c1OC. The lowest BCUT2D eigenvalue weighted by atomic mass is 10.2. The summed E-state index contributed by atoms with van der Waals surface area (Å²) in [7, 11) is 4.77. The van der Waals surface area contributed by atoms with Gasteiger partial charge in [0, 0.05) is 24.2 Å². The third kappa shape index (κ3) is 3.98. The predicted molar refractivity (Wildman–Crippen MR) is 128 cm³/mol. The summed E-state index contributed by atoms with van der Waals surface area (Å²) in [5.41, 5.74) is 3.05. The zero-order valence-electron chi connectivity index (χ0n) is 19.7. The summed E-state index contributed by atoms with van der Waals surface area (Å²) >= 11 is 0. The average Bonchev–Trinajstić information content (AvgIpc) is 3.63. The lowest BCUT2D eigenvalue weighted by molar-refractivity contribution is 0.265. The van der Waals surface area contributed by atoms with E-state index in [4.69, 9.17) is 24.2 Å². The molecule has 0 radical (unpaired) electrons. The number of ether oxygens (including phenoxy) is 3.